The van der Waals surface area contributed by atoms with E-state index < -0.39 is 17.7 Å². The first-order chi connectivity index (χ1) is 9.95. The Bertz CT molecular complexity index is 647. The van der Waals surface area contributed by atoms with Gasteiger partial charge in [-0.3, -0.25) is 4.79 Å². The molecule has 1 amide bonds. The van der Waals surface area contributed by atoms with Crippen molar-refractivity contribution < 1.29 is 13.6 Å². The quantitative estimate of drug-likeness (QED) is 0.865. The molecule has 0 saturated heterocycles. The molecule has 0 fully saturated rings. The lowest BCUT2D eigenvalue weighted by atomic mass is 10.2. The number of halogens is 3. The fourth-order valence-corrected chi connectivity index (χ4v) is 1.95. The number of nitrogens with one attached hydrogen (secondary N) is 2. The van der Waals surface area contributed by atoms with Gasteiger partial charge in [-0.25, -0.2) is 8.78 Å². The molecule has 1 unspecified atom stereocenters. The predicted molar refractivity (Wildman–Crippen MR) is 82.2 cm³/mol. The molecule has 2 aromatic carbocycles. The molecule has 0 bridgehead atoms. The molecule has 2 aromatic rings. The number of amides is 1. The van der Waals surface area contributed by atoms with Gasteiger partial charge in [-0.2, -0.15) is 0 Å². The number of hydrogen-bond donors (Lipinski definition) is 2. The van der Waals surface area contributed by atoms with Gasteiger partial charge in [0.2, 0.25) is 5.91 Å². The van der Waals surface area contributed by atoms with Gasteiger partial charge in [0.25, 0.3) is 0 Å². The van der Waals surface area contributed by atoms with Crippen LogP contribution < -0.4 is 10.6 Å². The second-order valence-electron chi connectivity index (χ2n) is 4.49. The summed E-state index contributed by atoms with van der Waals surface area (Å²) >= 11 is 3.32. The van der Waals surface area contributed by atoms with Crippen molar-refractivity contribution in [1.29, 1.82) is 0 Å². The molecule has 2 N–H and O–H groups in total. The third-order valence-electron chi connectivity index (χ3n) is 2.81. The molecule has 0 radical (unpaired) electrons. The first-order valence-corrected chi connectivity index (χ1v) is 7.03. The SMILES string of the molecule is CC(Nc1ccc(Br)cc1)C(=O)Nc1ccc(F)c(F)c1. The molecule has 2 rings (SSSR count). The Balaban J connectivity index is 1.98. The molecule has 0 aliphatic heterocycles. The van der Waals surface area contributed by atoms with E-state index in [-0.39, 0.29) is 11.6 Å². The molecule has 0 aromatic heterocycles. The van der Waals surface area contributed by atoms with Gasteiger partial charge in [0, 0.05) is 21.9 Å². The maximum atomic E-state index is 13.1. The maximum Gasteiger partial charge on any atom is 0.246 e. The fourth-order valence-electron chi connectivity index (χ4n) is 1.69. The number of benzene rings is 2. The Kier molecular flexibility index (Phi) is 4.90. The zero-order chi connectivity index (χ0) is 15.4. The third-order valence-corrected chi connectivity index (χ3v) is 3.34. The fraction of sp³-hybridized carbons (Fsp3) is 0.133. The molecule has 0 spiro atoms. The van der Waals surface area contributed by atoms with E-state index in [1.54, 1.807) is 6.92 Å². The van der Waals surface area contributed by atoms with Crippen LogP contribution in [0.2, 0.25) is 0 Å². The van der Waals surface area contributed by atoms with Crippen LogP contribution in [0.5, 0.6) is 0 Å². The molecule has 3 nitrogen and oxygen atoms in total. The van der Waals surface area contributed by atoms with Crippen LogP contribution in [0.15, 0.2) is 46.9 Å². The average molecular weight is 355 g/mol. The highest BCUT2D eigenvalue weighted by Gasteiger charge is 2.13. The molecule has 0 saturated carbocycles. The summed E-state index contributed by atoms with van der Waals surface area (Å²) in [7, 11) is 0. The van der Waals surface area contributed by atoms with Gasteiger partial charge >= 0.3 is 0 Å². The van der Waals surface area contributed by atoms with Crippen molar-refractivity contribution in [2.45, 2.75) is 13.0 Å². The van der Waals surface area contributed by atoms with E-state index in [9.17, 15) is 13.6 Å². The molecule has 21 heavy (non-hydrogen) atoms. The van der Waals surface area contributed by atoms with E-state index in [0.29, 0.717) is 0 Å². The highest BCUT2D eigenvalue weighted by Crippen LogP contribution is 2.16. The summed E-state index contributed by atoms with van der Waals surface area (Å²) in [6.07, 6.45) is 0. The molecule has 0 heterocycles. The standard InChI is InChI=1S/C15H13BrF2N2O/c1-9(19-11-4-2-10(16)3-5-11)15(21)20-12-6-7-13(17)14(18)8-12/h2-9,19H,1H3,(H,20,21). The molecule has 110 valence electrons. The lowest BCUT2D eigenvalue weighted by Gasteiger charge is -2.15. The van der Waals surface area contributed by atoms with Crippen molar-refractivity contribution in [3.05, 3.63) is 58.6 Å². The van der Waals surface area contributed by atoms with E-state index in [2.05, 4.69) is 26.6 Å². The average Bonchev–Trinajstić information content (AvgIpc) is 2.45. The molecule has 1 atom stereocenters. The molecular weight excluding hydrogens is 342 g/mol. The summed E-state index contributed by atoms with van der Waals surface area (Å²) in [6.45, 7) is 1.68. The summed E-state index contributed by atoms with van der Waals surface area (Å²) in [5.41, 5.74) is 0.995. The van der Waals surface area contributed by atoms with Gasteiger partial charge in [0.15, 0.2) is 11.6 Å². The van der Waals surface area contributed by atoms with Gasteiger partial charge in [0.1, 0.15) is 6.04 Å². The minimum absolute atomic E-state index is 0.211. The van der Waals surface area contributed by atoms with Crippen molar-refractivity contribution in [2.75, 3.05) is 10.6 Å². The van der Waals surface area contributed by atoms with Crippen LogP contribution >= 0.6 is 15.9 Å². The zero-order valence-corrected chi connectivity index (χ0v) is 12.7. The summed E-state index contributed by atoms with van der Waals surface area (Å²) in [6, 6.07) is 10.0. The van der Waals surface area contributed by atoms with E-state index in [1.165, 1.54) is 6.07 Å². The van der Waals surface area contributed by atoms with Crippen molar-refractivity contribution in [3.8, 4) is 0 Å². The second kappa shape index (κ2) is 6.67. The minimum atomic E-state index is -0.999. The summed E-state index contributed by atoms with van der Waals surface area (Å²) in [4.78, 5) is 12.0. The Morgan fingerprint density at radius 3 is 2.29 bits per heavy atom. The van der Waals surface area contributed by atoms with E-state index in [0.717, 1.165) is 22.3 Å². The van der Waals surface area contributed by atoms with Crippen LogP contribution in [0.4, 0.5) is 20.2 Å². The summed E-state index contributed by atoms with van der Waals surface area (Å²) in [5.74, 6) is -2.29. The smallest absolute Gasteiger partial charge is 0.246 e. The van der Waals surface area contributed by atoms with Crippen LogP contribution in [0, 0.1) is 11.6 Å². The van der Waals surface area contributed by atoms with Crippen molar-refractivity contribution in [1.82, 2.24) is 0 Å². The van der Waals surface area contributed by atoms with Crippen LogP contribution in [0.25, 0.3) is 0 Å². The number of carbonyl (C=O) groups is 1. The molecule has 6 heteroatoms. The van der Waals surface area contributed by atoms with Crippen LogP contribution in [-0.2, 0) is 4.79 Å². The lowest BCUT2D eigenvalue weighted by Crippen LogP contribution is -2.31. The number of rotatable bonds is 4. The van der Waals surface area contributed by atoms with E-state index >= 15 is 0 Å². The summed E-state index contributed by atoms with van der Waals surface area (Å²) < 4.78 is 26.8. The highest BCUT2D eigenvalue weighted by atomic mass is 79.9. The predicted octanol–water partition coefficient (Wildman–Crippen LogP) is 4.17. The minimum Gasteiger partial charge on any atom is -0.374 e. The summed E-state index contributed by atoms with van der Waals surface area (Å²) in [5, 5.41) is 5.54. The van der Waals surface area contributed by atoms with Crippen LogP contribution in [0.3, 0.4) is 0 Å². The first-order valence-electron chi connectivity index (χ1n) is 6.24. The van der Waals surface area contributed by atoms with Crippen molar-refractivity contribution in [2.24, 2.45) is 0 Å². The Labute approximate surface area is 129 Å². The van der Waals surface area contributed by atoms with Gasteiger partial charge in [-0.15, -0.1) is 0 Å². The molecular formula is C15H13BrF2N2O. The number of hydrogen-bond acceptors (Lipinski definition) is 2. The second-order valence-corrected chi connectivity index (χ2v) is 5.41. The Morgan fingerprint density at radius 2 is 1.67 bits per heavy atom. The van der Waals surface area contributed by atoms with Gasteiger partial charge in [0.05, 0.1) is 0 Å². The Hall–Kier alpha value is -1.95. The number of anilines is 2. The lowest BCUT2D eigenvalue weighted by molar-refractivity contribution is -0.116. The van der Waals surface area contributed by atoms with Gasteiger partial charge in [-0.05, 0) is 43.3 Å². The van der Waals surface area contributed by atoms with E-state index in [4.69, 9.17) is 0 Å². The Morgan fingerprint density at radius 1 is 1.05 bits per heavy atom. The monoisotopic (exact) mass is 354 g/mol. The molecule has 0 aliphatic carbocycles. The van der Waals surface area contributed by atoms with E-state index in [1.807, 2.05) is 24.3 Å². The van der Waals surface area contributed by atoms with Gasteiger partial charge in [-0.1, -0.05) is 15.9 Å². The third kappa shape index (κ3) is 4.26. The number of carbonyl (C=O) groups excluding carboxylic acids is 1. The molecule has 0 aliphatic rings. The van der Waals surface area contributed by atoms with Crippen LogP contribution in [0.1, 0.15) is 6.92 Å². The van der Waals surface area contributed by atoms with Crippen molar-refractivity contribution >= 4 is 33.2 Å². The largest absolute Gasteiger partial charge is 0.374 e. The topological polar surface area (TPSA) is 41.1 Å². The zero-order valence-electron chi connectivity index (χ0n) is 11.2. The normalized spacial score (nSPS) is 11.8. The van der Waals surface area contributed by atoms with Gasteiger partial charge < -0.3 is 10.6 Å². The van der Waals surface area contributed by atoms with Crippen LogP contribution in [-0.4, -0.2) is 11.9 Å². The first kappa shape index (κ1) is 15.4. The highest BCUT2D eigenvalue weighted by molar-refractivity contribution is 9.10. The van der Waals surface area contributed by atoms with Crippen molar-refractivity contribution in [3.63, 3.8) is 0 Å². The maximum absolute atomic E-state index is 13.1.